The standard InChI is InChI=1S/C23H24N2O10/c1-25(2)15-14-17(28)12-10(19(30)23(14,35)20(31)13(18(15)29)21(24)32)5-9-7(11(12)6-26)3-4-8(16(9)27)22(33)34/h3-4,6,11-12,14-15,17,27-30,35H,5H2,1-2H3,(H2,24,32)(H,33,34)/t11?,12?,14?,15-,17?,23-/m0/s1. The Balaban J connectivity index is 2.03. The molecule has 35 heavy (non-hydrogen) atoms. The molecule has 0 aromatic heterocycles. The third kappa shape index (κ3) is 3.03. The number of primary amides is 1. The zero-order valence-electron chi connectivity index (χ0n) is 18.7. The topological polar surface area (TPSA) is 219 Å². The Morgan fingerprint density at radius 2 is 1.83 bits per heavy atom. The second kappa shape index (κ2) is 7.90. The molecule has 4 unspecified atom stereocenters. The van der Waals surface area contributed by atoms with E-state index in [0.717, 1.165) is 6.07 Å². The lowest BCUT2D eigenvalue weighted by Crippen LogP contribution is -2.68. The van der Waals surface area contributed by atoms with Crippen LogP contribution in [-0.4, -0.2) is 91.3 Å². The van der Waals surface area contributed by atoms with E-state index in [1.807, 2.05) is 0 Å². The number of phenols is 1. The third-order valence-electron chi connectivity index (χ3n) is 7.35. The summed E-state index contributed by atoms with van der Waals surface area (Å²) in [4.78, 5) is 50.3. The van der Waals surface area contributed by atoms with Gasteiger partial charge in [-0.15, -0.1) is 0 Å². The number of aromatic carboxylic acids is 1. The average Bonchev–Trinajstić information content (AvgIpc) is 2.77. The quantitative estimate of drug-likeness (QED) is 0.199. The Labute approximate surface area is 198 Å². The molecule has 1 amide bonds. The van der Waals surface area contributed by atoms with Gasteiger partial charge in [-0.25, -0.2) is 4.79 Å². The van der Waals surface area contributed by atoms with Crippen LogP contribution < -0.4 is 5.73 Å². The molecule has 0 saturated heterocycles. The van der Waals surface area contributed by atoms with Gasteiger partial charge in [-0.2, -0.15) is 0 Å². The maximum absolute atomic E-state index is 13.2. The van der Waals surface area contributed by atoms with Crippen molar-refractivity contribution in [3.05, 3.63) is 51.5 Å². The molecule has 12 heteroatoms. The van der Waals surface area contributed by atoms with E-state index in [-0.39, 0.29) is 16.7 Å². The lowest BCUT2D eigenvalue weighted by molar-refractivity contribution is -0.163. The number of carbonyl (C=O) groups is 4. The molecule has 0 heterocycles. The number of Topliss-reactive ketones (excluding diaryl/α,β-unsaturated/α-hetero) is 1. The van der Waals surface area contributed by atoms with Gasteiger partial charge in [0.15, 0.2) is 5.60 Å². The van der Waals surface area contributed by atoms with E-state index in [9.17, 15) is 49.8 Å². The van der Waals surface area contributed by atoms with Crippen LogP contribution in [0.4, 0.5) is 0 Å². The van der Waals surface area contributed by atoms with Crippen molar-refractivity contribution in [3.8, 4) is 5.75 Å². The molecule has 3 aliphatic carbocycles. The van der Waals surface area contributed by atoms with Crippen molar-refractivity contribution in [3.63, 3.8) is 0 Å². The van der Waals surface area contributed by atoms with E-state index in [2.05, 4.69) is 0 Å². The number of amides is 1. The summed E-state index contributed by atoms with van der Waals surface area (Å²) >= 11 is 0. The second-order valence-corrected chi connectivity index (χ2v) is 9.22. The number of aldehydes is 1. The minimum atomic E-state index is -2.90. The van der Waals surface area contributed by atoms with Gasteiger partial charge in [0.25, 0.3) is 5.91 Å². The molecule has 6 atom stereocenters. The number of aliphatic hydroxyl groups is 4. The molecule has 12 nitrogen and oxygen atoms in total. The van der Waals surface area contributed by atoms with Crippen LogP contribution in [0.5, 0.6) is 5.75 Å². The Kier molecular flexibility index (Phi) is 5.51. The molecule has 0 bridgehead atoms. The number of benzene rings is 1. The number of hydrogen-bond donors (Lipinski definition) is 7. The van der Waals surface area contributed by atoms with Crippen molar-refractivity contribution < 1.29 is 49.8 Å². The zero-order valence-corrected chi connectivity index (χ0v) is 18.7. The van der Waals surface area contributed by atoms with Gasteiger partial charge in [-0.1, -0.05) is 6.07 Å². The number of likely N-dealkylation sites (N-methyl/N-ethyl adjacent to an activating group) is 1. The van der Waals surface area contributed by atoms with E-state index in [1.165, 1.54) is 25.1 Å². The molecule has 1 aromatic rings. The van der Waals surface area contributed by atoms with Gasteiger partial charge in [0.05, 0.1) is 18.1 Å². The fourth-order valence-corrected chi connectivity index (χ4v) is 5.84. The summed E-state index contributed by atoms with van der Waals surface area (Å²) in [5.74, 6) is -10.7. The van der Waals surface area contributed by atoms with Crippen LogP contribution in [0.15, 0.2) is 34.8 Å². The Bertz CT molecular complexity index is 1250. The lowest BCUT2D eigenvalue weighted by Gasteiger charge is -2.53. The summed E-state index contributed by atoms with van der Waals surface area (Å²) in [6.45, 7) is 0. The van der Waals surface area contributed by atoms with Crippen molar-refractivity contribution in [1.82, 2.24) is 4.90 Å². The first-order valence-electron chi connectivity index (χ1n) is 10.6. The highest BCUT2D eigenvalue weighted by Crippen LogP contribution is 2.55. The van der Waals surface area contributed by atoms with E-state index < -0.39 is 88.0 Å². The number of ketones is 1. The molecule has 4 rings (SSSR count). The van der Waals surface area contributed by atoms with Gasteiger partial charge in [0.1, 0.15) is 34.7 Å². The Hall–Kier alpha value is -3.74. The van der Waals surface area contributed by atoms with Crippen LogP contribution in [0.25, 0.3) is 0 Å². The highest BCUT2D eigenvalue weighted by molar-refractivity contribution is 6.24. The number of nitrogens with two attached hydrogens (primary N) is 1. The van der Waals surface area contributed by atoms with Crippen molar-refractivity contribution >= 4 is 23.9 Å². The van der Waals surface area contributed by atoms with E-state index in [4.69, 9.17) is 5.73 Å². The minimum Gasteiger partial charge on any atom is -0.510 e. The average molecular weight is 488 g/mol. The number of hydrogen-bond acceptors (Lipinski definition) is 10. The number of aromatic hydroxyl groups is 1. The van der Waals surface area contributed by atoms with Crippen LogP contribution in [0, 0.1) is 11.8 Å². The monoisotopic (exact) mass is 488 g/mol. The van der Waals surface area contributed by atoms with Crippen molar-refractivity contribution in [2.45, 2.75) is 30.1 Å². The van der Waals surface area contributed by atoms with Crippen LogP contribution in [0.2, 0.25) is 0 Å². The van der Waals surface area contributed by atoms with E-state index >= 15 is 0 Å². The molecule has 0 saturated carbocycles. The maximum Gasteiger partial charge on any atom is 0.339 e. The van der Waals surface area contributed by atoms with E-state index in [1.54, 1.807) is 0 Å². The minimum absolute atomic E-state index is 0.0324. The number of carboxylic acid groups (broad SMARTS) is 1. The van der Waals surface area contributed by atoms with Crippen molar-refractivity contribution in [2.75, 3.05) is 14.1 Å². The normalized spacial score (nSPS) is 32.1. The number of aliphatic hydroxyl groups excluding tert-OH is 3. The van der Waals surface area contributed by atoms with Crippen molar-refractivity contribution in [2.24, 2.45) is 17.6 Å². The second-order valence-electron chi connectivity index (χ2n) is 9.22. The first-order chi connectivity index (χ1) is 16.3. The molecule has 186 valence electrons. The molecule has 0 spiro atoms. The van der Waals surface area contributed by atoms with Crippen LogP contribution in [0.3, 0.4) is 0 Å². The number of carbonyl (C=O) groups excluding carboxylic acids is 3. The van der Waals surface area contributed by atoms with Gasteiger partial charge in [0, 0.05) is 23.8 Å². The van der Waals surface area contributed by atoms with Crippen LogP contribution in [-0.2, 0) is 20.8 Å². The van der Waals surface area contributed by atoms with Gasteiger partial charge >= 0.3 is 5.97 Å². The molecule has 1 aromatic carbocycles. The van der Waals surface area contributed by atoms with Gasteiger partial charge in [-0.3, -0.25) is 14.5 Å². The Morgan fingerprint density at radius 3 is 2.34 bits per heavy atom. The van der Waals surface area contributed by atoms with Gasteiger partial charge < -0.3 is 41.2 Å². The van der Waals surface area contributed by atoms with E-state index in [0.29, 0.717) is 6.29 Å². The third-order valence-corrected chi connectivity index (χ3v) is 7.35. The molecular formula is C23H24N2O10. The number of nitrogens with zero attached hydrogens (tertiary/aromatic N) is 1. The zero-order chi connectivity index (χ0) is 26.1. The fourth-order valence-electron chi connectivity index (χ4n) is 5.84. The fraction of sp³-hybridized carbons (Fsp3) is 0.391. The smallest absolute Gasteiger partial charge is 0.339 e. The summed E-state index contributed by atoms with van der Waals surface area (Å²) in [6.07, 6.45) is -1.66. The SMILES string of the molecule is CN(C)[C@@H]1C(O)=C(C(N)=O)C(=O)[C@@]2(O)C(O)=C3Cc4c(ccc(C(=O)O)c4O)C(C=O)C3C(O)C12. The number of fused-ring (bicyclic) bond motifs is 3. The molecular weight excluding hydrogens is 464 g/mol. The highest BCUT2D eigenvalue weighted by Gasteiger charge is 2.66. The molecule has 0 radical (unpaired) electrons. The largest absolute Gasteiger partial charge is 0.510 e. The molecule has 0 aliphatic heterocycles. The Morgan fingerprint density at radius 1 is 1.20 bits per heavy atom. The predicted octanol–water partition coefficient (Wildman–Crippen LogP) is -1.11. The molecule has 8 N–H and O–H groups in total. The van der Waals surface area contributed by atoms with Crippen molar-refractivity contribution in [1.29, 1.82) is 0 Å². The number of rotatable bonds is 4. The van der Waals surface area contributed by atoms with Crippen LogP contribution in [0.1, 0.15) is 27.4 Å². The predicted molar refractivity (Wildman–Crippen MR) is 116 cm³/mol. The first-order valence-corrected chi connectivity index (χ1v) is 10.6. The maximum atomic E-state index is 13.2. The first kappa shape index (κ1) is 24.4. The summed E-state index contributed by atoms with van der Waals surface area (Å²) < 4.78 is 0. The van der Waals surface area contributed by atoms with Gasteiger partial charge in [-0.05, 0) is 31.3 Å². The van der Waals surface area contributed by atoms with Gasteiger partial charge in [0.2, 0.25) is 5.78 Å². The lowest BCUT2D eigenvalue weighted by atomic mass is 9.55. The summed E-state index contributed by atoms with van der Waals surface area (Å²) in [6, 6.07) is 1.07. The summed E-state index contributed by atoms with van der Waals surface area (Å²) in [5.41, 5.74) is 0.944. The summed E-state index contributed by atoms with van der Waals surface area (Å²) in [5, 5.41) is 64.9. The molecule has 0 fully saturated rings. The highest BCUT2D eigenvalue weighted by atomic mass is 16.4. The van der Waals surface area contributed by atoms with Crippen LogP contribution >= 0.6 is 0 Å². The number of carboxylic acids is 1. The summed E-state index contributed by atoms with van der Waals surface area (Å²) in [7, 11) is 2.88. The molecule has 3 aliphatic rings.